The summed E-state index contributed by atoms with van der Waals surface area (Å²) in [5, 5.41) is 13.2. The van der Waals surface area contributed by atoms with Gasteiger partial charge in [0.1, 0.15) is 11.6 Å². The number of nitrogens with zero attached hydrogens (tertiary/aromatic N) is 2. The van der Waals surface area contributed by atoms with Crippen LogP contribution in [0.1, 0.15) is 22.5 Å². The van der Waals surface area contributed by atoms with Crippen LogP contribution in [0.15, 0.2) is 54.1 Å². The third-order valence-electron chi connectivity index (χ3n) is 4.62. The topological polar surface area (TPSA) is 57.8 Å². The maximum Gasteiger partial charge on any atom is 0.266 e. The molecule has 0 fully saturated rings. The van der Waals surface area contributed by atoms with Crippen LogP contribution in [-0.2, 0) is 4.79 Å². The molecule has 1 amide bonds. The summed E-state index contributed by atoms with van der Waals surface area (Å²) < 4.78 is 1.95. The maximum absolute atomic E-state index is 12.6. The van der Waals surface area contributed by atoms with Crippen molar-refractivity contribution in [3.63, 3.8) is 0 Å². The molecule has 0 radical (unpaired) electrons. The number of anilines is 1. The highest BCUT2D eigenvalue weighted by molar-refractivity contribution is 6.43. The Hall–Kier alpha value is -3.00. The highest BCUT2D eigenvalue weighted by Gasteiger charge is 2.16. The van der Waals surface area contributed by atoms with Crippen LogP contribution in [0.3, 0.4) is 0 Å². The molecule has 3 rings (SSSR count). The molecule has 3 aromatic rings. The molecule has 146 valence electrons. The van der Waals surface area contributed by atoms with E-state index in [0.717, 1.165) is 28.2 Å². The number of benzene rings is 2. The monoisotopic (exact) mass is 423 g/mol. The minimum Gasteiger partial charge on any atom is -0.321 e. The molecular weight excluding hydrogens is 405 g/mol. The second kappa shape index (κ2) is 8.57. The lowest BCUT2D eigenvalue weighted by Crippen LogP contribution is -2.13. The molecule has 1 N–H and O–H groups in total. The number of hydrogen-bond acceptors (Lipinski definition) is 2. The summed E-state index contributed by atoms with van der Waals surface area (Å²) in [6.07, 6.45) is 1.58. The third kappa shape index (κ3) is 4.37. The molecule has 0 atom stereocenters. The van der Waals surface area contributed by atoms with Gasteiger partial charge in [-0.05, 0) is 62.7 Å². The molecule has 0 aliphatic heterocycles. The zero-order chi connectivity index (χ0) is 21.1. The molecule has 0 saturated carbocycles. The van der Waals surface area contributed by atoms with Crippen molar-refractivity contribution in [3.05, 3.63) is 86.7 Å². The second-order valence-corrected chi connectivity index (χ2v) is 7.51. The van der Waals surface area contributed by atoms with Crippen molar-refractivity contribution >= 4 is 40.9 Å². The van der Waals surface area contributed by atoms with Gasteiger partial charge >= 0.3 is 0 Å². The summed E-state index contributed by atoms with van der Waals surface area (Å²) in [5.41, 5.74) is 5.01. The van der Waals surface area contributed by atoms with Crippen LogP contribution in [0, 0.1) is 32.1 Å². The molecule has 0 aliphatic carbocycles. The summed E-state index contributed by atoms with van der Waals surface area (Å²) in [4.78, 5) is 12.6. The third-order valence-corrected chi connectivity index (χ3v) is 5.43. The van der Waals surface area contributed by atoms with Crippen LogP contribution < -0.4 is 5.32 Å². The van der Waals surface area contributed by atoms with Gasteiger partial charge in [0.15, 0.2) is 0 Å². The fraction of sp³-hybridized carbons (Fsp3) is 0.130. The largest absolute Gasteiger partial charge is 0.321 e. The number of nitriles is 1. The van der Waals surface area contributed by atoms with Gasteiger partial charge in [0.2, 0.25) is 0 Å². The van der Waals surface area contributed by atoms with Gasteiger partial charge in [0.05, 0.1) is 15.7 Å². The first kappa shape index (κ1) is 20.7. The van der Waals surface area contributed by atoms with E-state index in [-0.39, 0.29) is 5.57 Å². The van der Waals surface area contributed by atoms with Gasteiger partial charge in [-0.25, -0.2) is 0 Å². The molecule has 0 saturated heterocycles. The number of nitrogens with one attached hydrogen (secondary N) is 1. The maximum atomic E-state index is 12.6. The van der Waals surface area contributed by atoms with Crippen LogP contribution >= 0.6 is 23.2 Å². The van der Waals surface area contributed by atoms with Gasteiger partial charge in [0, 0.05) is 17.1 Å². The van der Waals surface area contributed by atoms with Crippen LogP contribution in [0.5, 0.6) is 0 Å². The van der Waals surface area contributed by atoms with Gasteiger partial charge in [-0.3, -0.25) is 4.79 Å². The van der Waals surface area contributed by atoms with E-state index in [4.69, 9.17) is 23.2 Å². The number of carbonyl (C=O) groups excluding carboxylic acids is 1. The van der Waals surface area contributed by atoms with E-state index in [1.165, 1.54) is 0 Å². The summed E-state index contributed by atoms with van der Waals surface area (Å²) >= 11 is 12.5. The number of rotatable bonds is 4. The number of amides is 1. The Labute approximate surface area is 180 Å². The second-order valence-electron chi connectivity index (χ2n) is 6.72. The van der Waals surface area contributed by atoms with Gasteiger partial charge in [0.25, 0.3) is 5.91 Å². The average Bonchev–Trinajstić information content (AvgIpc) is 2.97. The van der Waals surface area contributed by atoms with E-state index < -0.39 is 5.91 Å². The molecule has 0 unspecified atom stereocenters. The average molecular weight is 424 g/mol. The van der Waals surface area contributed by atoms with Crippen LogP contribution in [0.25, 0.3) is 11.8 Å². The SMILES string of the molecule is Cc1ccc(NC(=O)/C(C#N)=C\c2cc(C)n(-c3cccc(Cl)c3Cl)c2C)cc1. The van der Waals surface area contributed by atoms with Gasteiger partial charge in [-0.15, -0.1) is 0 Å². The molecule has 2 aromatic carbocycles. The van der Waals surface area contributed by atoms with E-state index >= 15 is 0 Å². The number of halogens is 2. The summed E-state index contributed by atoms with van der Waals surface area (Å²) in [6.45, 7) is 5.80. The smallest absolute Gasteiger partial charge is 0.266 e. The molecule has 1 heterocycles. The van der Waals surface area contributed by atoms with Crippen molar-refractivity contribution in [3.8, 4) is 11.8 Å². The lowest BCUT2D eigenvalue weighted by molar-refractivity contribution is -0.112. The van der Waals surface area contributed by atoms with Crippen molar-refractivity contribution in [2.75, 3.05) is 5.32 Å². The summed E-state index contributed by atoms with van der Waals surface area (Å²) in [6, 6.07) is 16.7. The first-order chi connectivity index (χ1) is 13.8. The zero-order valence-corrected chi connectivity index (χ0v) is 17.8. The normalized spacial score (nSPS) is 11.2. The first-order valence-corrected chi connectivity index (χ1v) is 9.70. The van der Waals surface area contributed by atoms with E-state index in [9.17, 15) is 10.1 Å². The van der Waals surface area contributed by atoms with Gasteiger partial charge < -0.3 is 9.88 Å². The first-order valence-electron chi connectivity index (χ1n) is 8.95. The zero-order valence-electron chi connectivity index (χ0n) is 16.3. The van der Waals surface area contributed by atoms with E-state index in [2.05, 4.69) is 5.32 Å². The standard InChI is InChI=1S/C23H19Cl2N3O/c1-14-7-9-19(10-8-14)27-23(29)18(13-26)12-17-11-15(2)28(16(17)3)21-6-4-5-20(24)22(21)25/h4-12H,1-3H3,(H,27,29)/b18-12-. The quantitative estimate of drug-likeness (QED) is 0.397. The molecule has 6 heteroatoms. The highest BCUT2D eigenvalue weighted by atomic mass is 35.5. The fourth-order valence-electron chi connectivity index (χ4n) is 3.11. The van der Waals surface area contributed by atoms with Crippen LogP contribution in [-0.4, -0.2) is 10.5 Å². The summed E-state index contributed by atoms with van der Waals surface area (Å²) in [7, 11) is 0. The Bertz CT molecular complexity index is 1150. The number of aryl methyl sites for hydroxylation is 2. The van der Waals surface area contributed by atoms with Gasteiger partial charge in [-0.1, -0.05) is 47.0 Å². The predicted octanol–water partition coefficient (Wildman–Crippen LogP) is 6.26. The lowest BCUT2D eigenvalue weighted by Gasteiger charge is -2.12. The van der Waals surface area contributed by atoms with Crippen molar-refractivity contribution in [2.45, 2.75) is 20.8 Å². The Morgan fingerprint density at radius 2 is 1.79 bits per heavy atom. The number of aromatic nitrogens is 1. The van der Waals surface area contributed by atoms with Crippen LogP contribution in [0.2, 0.25) is 10.0 Å². The van der Waals surface area contributed by atoms with E-state index in [1.54, 1.807) is 24.3 Å². The molecule has 0 spiro atoms. The lowest BCUT2D eigenvalue weighted by atomic mass is 10.1. The van der Waals surface area contributed by atoms with Crippen molar-refractivity contribution in [2.24, 2.45) is 0 Å². The summed E-state index contributed by atoms with van der Waals surface area (Å²) in [5.74, 6) is -0.457. The Morgan fingerprint density at radius 3 is 2.45 bits per heavy atom. The van der Waals surface area contributed by atoms with Crippen molar-refractivity contribution in [1.29, 1.82) is 5.26 Å². The molecule has 0 bridgehead atoms. The van der Waals surface area contributed by atoms with E-state index in [1.807, 2.05) is 61.7 Å². The number of hydrogen-bond donors (Lipinski definition) is 1. The molecule has 1 aromatic heterocycles. The van der Waals surface area contributed by atoms with Crippen molar-refractivity contribution in [1.82, 2.24) is 4.57 Å². The van der Waals surface area contributed by atoms with Gasteiger partial charge in [-0.2, -0.15) is 5.26 Å². The molecule has 4 nitrogen and oxygen atoms in total. The minimum atomic E-state index is -0.457. The Kier molecular flexibility index (Phi) is 6.12. The number of carbonyl (C=O) groups is 1. The Balaban J connectivity index is 1.96. The van der Waals surface area contributed by atoms with E-state index in [0.29, 0.717) is 15.7 Å². The molecule has 29 heavy (non-hydrogen) atoms. The predicted molar refractivity (Wildman–Crippen MR) is 119 cm³/mol. The van der Waals surface area contributed by atoms with Crippen molar-refractivity contribution < 1.29 is 4.79 Å². The molecule has 0 aliphatic rings. The van der Waals surface area contributed by atoms with Crippen LogP contribution in [0.4, 0.5) is 5.69 Å². The minimum absolute atomic E-state index is 0.0167. The molecular formula is C23H19Cl2N3O. The Morgan fingerprint density at radius 1 is 1.10 bits per heavy atom. The highest BCUT2D eigenvalue weighted by Crippen LogP contribution is 2.32. The fourth-order valence-corrected chi connectivity index (χ4v) is 3.49.